The number of amides is 2. The van der Waals surface area contributed by atoms with Crippen LogP contribution in [0.3, 0.4) is 0 Å². The van der Waals surface area contributed by atoms with Crippen molar-refractivity contribution >= 4 is 28.9 Å². The molecule has 0 radical (unpaired) electrons. The van der Waals surface area contributed by atoms with Gasteiger partial charge in [0.1, 0.15) is 0 Å². The van der Waals surface area contributed by atoms with Crippen molar-refractivity contribution in [2.24, 2.45) is 5.92 Å². The van der Waals surface area contributed by atoms with Gasteiger partial charge in [0.15, 0.2) is 0 Å². The summed E-state index contributed by atoms with van der Waals surface area (Å²) in [6, 6.07) is 9.55. The molecule has 0 aliphatic heterocycles. The summed E-state index contributed by atoms with van der Waals surface area (Å²) >= 11 is 0. The number of rotatable bonds is 10. The zero-order valence-electron chi connectivity index (χ0n) is 15.3. The average Bonchev–Trinajstić information content (AvgIpc) is 2.66. The largest absolute Gasteiger partial charge is 0.289 e. The van der Waals surface area contributed by atoms with Gasteiger partial charge in [0.2, 0.25) is 12.3 Å². The summed E-state index contributed by atoms with van der Waals surface area (Å²) in [5.41, 5.74) is 4.54. The number of nitrogens with one attached hydrogen (secondary N) is 1. The van der Waals surface area contributed by atoms with E-state index in [1.165, 1.54) is 0 Å². The highest BCUT2D eigenvalue weighted by molar-refractivity contribution is 5.84. The molecule has 0 saturated carbocycles. The van der Waals surface area contributed by atoms with Gasteiger partial charge in [-0.2, -0.15) is 0 Å². The molecule has 1 aromatic heterocycles. The molecular formula is C19H26N4O3. The molecule has 7 nitrogen and oxygen atoms in total. The molecule has 1 unspecified atom stereocenters. The lowest BCUT2D eigenvalue weighted by atomic mass is 10.0. The topological polar surface area (TPSA) is 85.8 Å². The number of fused-ring (bicyclic) bond motifs is 1. The molecule has 0 aliphatic rings. The fourth-order valence-corrected chi connectivity index (χ4v) is 2.81. The highest BCUT2D eigenvalue weighted by Gasteiger charge is 2.22. The van der Waals surface area contributed by atoms with Crippen LogP contribution in [0, 0.1) is 5.92 Å². The van der Waals surface area contributed by atoms with E-state index >= 15 is 0 Å². The van der Waals surface area contributed by atoms with Crippen LogP contribution in [0.15, 0.2) is 36.5 Å². The van der Waals surface area contributed by atoms with Crippen molar-refractivity contribution in [3.63, 3.8) is 0 Å². The summed E-state index contributed by atoms with van der Waals surface area (Å²) in [6.07, 6.45) is 5.58. The molecule has 2 aromatic rings. The second-order valence-corrected chi connectivity index (χ2v) is 6.34. The van der Waals surface area contributed by atoms with Crippen LogP contribution < -0.4 is 10.4 Å². The van der Waals surface area contributed by atoms with E-state index in [4.69, 9.17) is 0 Å². The van der Waals surface area contributed by atoms with E-state index in [2.05, 4.69) is 17.3 Å². The van der Waals surface area contributed by atoms with Crippen LogP contribution >= 0.6 is 0 Å². The van der Waals surface area contributed by atoms with Crippen LogP contribution in [0.1, 0.15) is 32.6 Å². The SMILES string of the molecule is CCCCCC(CN(O)C=O)C(=O)NN(C)c1ccc2ncccc2c1. The number of carbonyl (C=O) groups excluding carboxylic acids is 2. The molecule has 0 saturated heterocycles. The number of hydroxylamine groups is 2. The molecule has 0 spiro atoms. The monoisotopic (exact) mass is 358 g/mol. The normalized spacial score (nSPS) is 11.8. The Kier molecular flexibility index (Phi) is 7.35. The van der Waals surface area contributed by atoms with Crippen molar-refractivity contribution in [2.75, 3.05) is 18.6 Å². The number of carbonyl (C=O) groups is 2. The summed E-state index contributed by atoms with van der Waals surface area (Å²) < 4.78 is 0. The summed E-state index contributed by atoms with van der Waals surface area (Å²) in [5.74, 6) is -0.697. The minimum absolute atomic E-state index is 0.0193. The number of unbranched alkanes of at least 4 members (excludes halogenated alkanes) is 2. The zero-order valence-corrected chi connectivity index (χ0v) is 15.3. The molecule has 0 bridgehead atoms. The quantitative estimate of drug-likeness (QED) is 0.295. The number of hydrogen-bond acceptors (Lipinski definition) is 5. The standard InChI is InChI=1S/C19H26N4O3/c1-3-4-5-7-16(13-23(26)14-24)19(25)21-22(2)17-9-10-18-15(12-17)8-6-11-20-18/h6,8-12,14,16,26H,3-5,7,13H2,1-2H3,(H,21,25). The van der Waals surface area contributed by atoms with Gasteiger partial charge in [-0.15, -0.1) is 0 Å². The second kappa shape index (κ2) is 9.72. The first-order valence-corrected chi connectivity index (χ1v) is 8.85. The maximum absolute atomic E-state index is 12.6. The van der Waals surface area contributed by atoms with Crippen molar-refractivity contribution in [1.29, 1.82) is 0 Å². The Labute approximate surface area is 153 Å². The van der Waals surface area contributed by atoms with Gasteiger partial charge in [-0.1, -0.05) is 32.3 Å². The van der Waals surface area contributed by atoms with Gasteiger partial charge in [-0.3, -0.25) is 30.2 Å². The number of aromatic nitrogens is 1. The molecule has 140 valence electrons. The van der Waals surface area contributed by atoms with E-state index in [1.54, 1.807) is 18.3 Å². The minimum atomic E-state index is -0.471. The van der Waals surface area contributed by atoms with Crippen LogP contribution in [0.5, 0.6) is 0 Å². The maximum Gasteiger partial charge on any atom is 0.243 e. The van der Waals surface area contributed by atoms with Gasteiger partial charge in [0, 0.05) is 18.6 Å². The zero-order chi connectivity index (χ0) is 18.9. The number of pyridine rings is 1. The lowest BCUT2D eigenvalue weighted by Crippen LogP contribution is -2.45. The van der Waals surface area contributed by atoms with Crippen LogP contribution in [0.4, 0.5) is 5.69 Å². The van der Waals surface area contributed by atoms with E-state index < -0.39 is 5.92 Å². The van der Waals surface area contributed by atoms with Gasteiger partial charge in [0.05, 0.1) is 23.7 Å². The first kappa shape index (κ1) is 19.7. The van der Waals surface area contributed by atoms with Crippen LogP contribution in [-0.2, 0) is 9.59 Å². The molecular weight excluding hydrogens is 332 g/mol. The van der Waals surface area contributed by atoms with E-state index in [0.29, 0.717) is 17.9 Å². The predicted octanol–water partition coefficient (Wildman–Crippen LogP) is 2.75. The third-order valence-corrected chi connectivity index (χ3v) is 4.31. The molecule has 0 fully saturated rings. The number of hydrazine groups is 1. The van der Waals surface area contributed by atoms with E-state index in [9.17, 15) is 14.8 Å². The Hall–Kier alpha value is -2.67. The van der Waals surface area contributed by atoms with Crippen molar-refractivity contribution in [3.05, 3.63) is 36.5 Å². The first-order valence-electron chi connectivity index (χ1n) is 8.85. The molecule has 7 heteroatoms. The molecule has 2 rings (SSSR count). The Morgan fingerprint density at radius 3 is 2.88 bits per heavy atom. The van der Waals surface area contributed by atoms with Gasteiger partial charge in [0.25, 0.3) is 0 Å². The van der Waals surface area contributed by atoms with Gasteiger partial charge < -0.3 is 0 Å². The molecule has 26 heavy (non-hydrogen) atoms. The lowest BCUT2D eigenvalue weighted by Gasteiger charge is -2.25. The highest BCUT2D eigenvalue weighted by atomic mass is 16.5. The molecule has 1 heterocycles. The minimum Gasteiger partial charge on any atom is -0.289 e. The van der Waals surface area contributed by atoms with Crippen molar-refractivity contribution in [3.8, 4) is 0 Å². The van der Waals surface area contributed by atoms with E-state index in [1.807, 2.05) is 30.3 Å². The van der Waals surface area contributed by atoms with Crippen LogP contribution in [0.2, 0.25) is 0 Å². The van der Waals surface area contributed by atoms with Crippen molar-refractivity contribution < 1.29 is 14.8 Å². The summed E-state index contributed by atoms with van der Waals surface area (Å²) in [7, 11) is 1.76. The fraction of sp³-hybridized carbons (Fsp3) is 0.421. The van der Waals surface area contributed by atoms with E-state index in [-0.39, 0.29) is 12.5 Å². The summed E-state index contributed by atoms with van der Waals surface area (Å²) in [6.45, 7) is 2.07. The van der Waals surface area contributed by atoms with Crippen LogP contribution in [0.25, 0.3) is 10.9 Å². The molecule has 1 aromatic carbocycles. The number of hydrogen-bond donors (Lipinski definition) is 2. The van der Waals surface area contributed by atoms with Crippen LogP contribution in [-0.4, -0.2) is 41.2 Å². The van der Waals surface area contributed by atoms with Gasteiger partial charge >= 0.3 is 0 Å². The third-order valence-electron chi connectivity index (χ3n) is 4.31. The Balaban J connectivity index is 2.05. The molecule has 0 aliphatic carbocycles. The van der Waals surface area contributed by atoms with Crippen molar-refractivity contribution in [2.45, 2.75) is 32.6 Å². The third kappa shape index (κ3) is 5.42. The van der Waals surface area contributed by atoms with Gasteiger partial charge in [-0.05, 0) is 30.7 Å². The lowest BCUT2D eigenvalue weighted by molar-refractivity contribution is -0.154. The smallest absolute Gasteiger partial charge is 0.243 e. The molecule has 1 atom stereocenters. The number of anilines is 1. The Morgan fingerprint density at radius 2 is 2.15 bits per heavy atom. The van der Waals surface area contributed by atoms with E-state index in [0.717, 1.165) is 35.9 Å². The summed E-state index contributed by atoms with van der Waals surface area (Å²) in [4.78, 5) is 27.6. The maximum atomic E-state index is 12.6. The average molecular weight is 358 g/mol. The Morgan fingerprint density at radius 1 is 1.35 bits per heavy atom. The molecule has 2 N–H and O–H groups in total. The summed E-state index contributed by atoms with van der Waals surface area (Å²) in [5, 5.41) is 12.6. The number of nitrogens with zero attached hydrogens (tertiary/aromatic N) is 3. The Bertz CT molecular complexity index is 738. The van der Waals surface area contributed by atoms with Gasteiger partial charge in [-0.25, -0.2) is 5.06 Å². The highest BCUT2D eigenvalue weighted by Crippen LogP contribution is 2.19. The first-order chi connectivity index (χ1) is 12.5. The second-order valence-electron chi connectivity index (χ2n) is 6.34. The fourth-order valence-electron chi connectivity index (χ4n) is 2.81. The molecule has 2 amide bonds. The number of benzene rings is 1. The van der Waals surface area contributed by atoms with Crippen molar-refractivity contribution in [1.82, 2.24) is 15.5 Å². The predicted molar refractivity (Wildman–Crippen MR) is 100 cm³/mol.